The molecule has 0 bridgehead atoms. The van der Waals surface area contributed by atoms with Gasteiger partial charge in [-0.15, -0.1) is 0 Å². The maximum absolute atomic E-state index is 9.58. The molecule has 1 aliphatic rings. The Bertz CT molecular complexity index is 398. The predicted octanol–water partition coefficient (Wildman–Crippen LogP) is 4.12. The molecule has 0 unspecified atom stereocenters. The summed E-state index contributed by atoms with van der Waals surface area (Å²) in [6, 6.07) is 11.2. The molecule has 0 heterocycles. The molecule has 1 heteroatoms. The van der Waals surface area contributed by atoms with E-state index in [0.717, 1.165) is 19.3 Å². The van der Waals surface area contributed by atoms with Crippen LogP contribution in [-0.4, -0.2) is 0 Å². The maximum atomic E-state index is 9.58. The van der Waals surface area contributed by atoms with E-state index in [1.165, 1.54) is 24.0 Å². The fourth-order valence-corrected chi connectivity index (χ4v) is 3.09. The average molecular weight is 227 g/mol. The molecule has 0 saturated carbocycles. The van der Waals surface area contributed by atoms with Gasteiger partial charge in [0.25, 0.3) is 0 Å². The van der Waals surface area contributed by atoms with E-state index < -0.39 is 0 Å². The zero-order valence-electron chi connectivity index (χ0n) is 10.9. The van der Waals surface area contributed by atoms with E-state index in [9.17, 15) is 5.26 Å². The minimum Gasteiger partial charge on any atom is -0.198 e. The van der Waals surface area contributed by atoms with E-state index in [1.807, 2.05) is 0 Å². The Morgan fingerprint density at radius 3 is 2.12 bits per heavy atom. The number of fused-ring (bicyclic) bond motifs is 1. The number of nitriles is 1. The molecule has 0 amide bonds. The van der Waals surface area contributed by atoms with E-state index in [4.69, 9.17) is 0 Å². The lowest BCUT2D eigenvalue weighted by atomic mass is 9.76. The molecule has 0 aromatic heterocycles. The van der Waals surface area contributed by atoms with Gasteiger partial charge >= 0.3 is 0 Å². The van der Waals surface area contributed by atoms with Crippen molar-refractivity contribution >= 4 is 0 Å². The lowest BCUT2D eigenvalue weighted by molar-refractivity contribution is 0.289. The zero-order chi connectivity index (χ0) is 12.3. The summed E-state index contributed by atoms with van der Waals surface area (Å²) in [7, 11) is 0. The maximum Gasteiger partial charge on any atom is 0.0696 e. The molecular formula is C16H21N. The van der Waals surface area contributed by atoms with E-state index in [-0.39, 0.29) is 5.41 Å². The Labute approximate surface area is 104 Å². The van der Waals surface area contributed by atoms with Crippen molar-refractivity contribution in [2.24, 2.45) is 11.3 Å². The van der Waals surface area contributed by atoms with E-state index in [1.54, 1.807) is 0 Å². The molecule has 90 valence electrons. The Hall–Kier alpha value is -1.29. The third kappa shape index (κ3) is 2.36. The standard InChI is InChI=1S/C16H21N/c1-3-13(4-2)9-16(12-17)10-14-7-5-6-8-15(14)11-16/h5-8,13H,3-4,9-11H2,1-2H3. The molecule has 2 rings (SSSR count). The number of rotatable bonds is 4. The third-order valence-electron chi connectivity index (χ3n) is 4.25. The fraction of sp³-hybridized carbons (Fsp3) is 0.562. The first-order valence-electron chi connectivity index (χ1n) is 6.71. The molecule has 0 atom stereocenters. The van der Waals surface area contributed by atoms with Gasteiger partial charge in [-0.1, -0.05) is 51.0 Å². The van der Waals surface area contributed by atoms with Gasteiger partial charge in [0, 0.05) is 0 Å². The molecule has 1 aromatic rings. The van der Waals surface area contributed by atoms with Gasteiger partial charge in [0.2, 0.25) is 0 Å². The van der Waals surface area contributed by atoms with Gasteiger partial charge in [-0.2, -0.15) is 5.26 Å². The lowest BCUT2D eigenvalue weighted by Crippen LogP contribution is -2.22. The Morgan fingerprint density at radius 2 is 1.71 bits per heavy atom. The summed E-state index contributed by atoms with van der Waals surface area (Å²) < 4.78 is 0. The monoisotopic (exact) mass is 227 g/mol. The molecule has 1 aromatic carbocycles. The van der Waals surface area contributed by atoms with Crippen molar-refractivity contribution in [3.8, 4) is 6.07 Å². The molecule has 0 radical (unpaired) electrons. The summed E-state index contributed by atoms with van der Waals surface area (Å²) in [6.45, 7) is 4.47. The van der Waals surface area contributed by atoms with Crippen LogP contribution in [0.1, 0.15) is 44.2 Å². The van der Waals surface area contributed by atoms with Crippen LogP contribution in [0.4, 0.5) is 0 Å². The van der Waals surface area contributed by atoms with Crippen molar-refractivity contribution in [2.45, 2.75) is 46.0 Å². The summed E-state index contributed by atoms with van der Waals surface area (Å²) in [5.74, 6) is 0.698. The van der Waals surface area contributed by atoms with Crippen molar-refractivity contribution in [2.75, 3.05) is 0 Å². The van der Waals surface area contributed by atoms with Crippen LogP contribution in [0, 0.1) is 22.7 Å². The van der Waals surface area contributed by atoms with Gasteiger partial charge in [0.05, 0.1) is 11.5 Å². The van der Waals surface area contributed by atoms with Crippen molar-refractivity contribution in [3.05, 3.63) is 35.4 Å². The van der Waals surface area contributed by atoms with Gasteiger partial charge in [-0.25, -0.2) is 0 Å². The van der Waals surface area contributed by atoms with Crippen molar-refractivity contribution in [1.29, 1.82) is 5.26 Å². The third-order valence-corrected chi connectivity index (χ3v) is 4.25. The normalized spacial score (nSPS) is 16.8. The minimum atomic E-state index is -0.125. The summed E-state index contributed by atoms with van der Waals surface area (Å²) in [4.78, 5) is 0. The van der Waals surface area contributed by atoms with Crippen LogP contribution in [0.5, 0.6) is 0 Å². The number of benzene rings is 1. The van der Waals surface area contributed by atoms with Crippen molar-refractivity contribution < 1.29 is 0 Å². The minimum absolute atomic E-state index is 0.125. The average Bonchev–Trinajstić information content (AvgIpc) is 2.74. The highest BCUT2D eigenvalue weighted by molar-refractivity contribution is 5.37. The smallest absolute Gasteiger partial charge is 0.0696 e. The van der Waals surface area contributed by atoms with Crippen LogP contribution >= 0.6 is 0 Å². The number of hydrogen-bond acceptors (Lipinski definition) is 1. The van der Waals surface area contributed by atoms with Crippen LogP contribution in [0.2, 0.25) is 0 Å². The highest BCUT2D eigenvalue weighted by Crippen LogP contribution is 2.42. The van der Waals surface area contributed by atoms with E-state index in [0.29, 0.717) is 5.92 Å². The lowest BCUT2D eigenvalue weighted by Gasteiger charge is -2.25. The van der Waals surface area contributed by atoms with Crippen LogP contribution in [0.3, 0.4) is 0 Å². The molecule has 1 aliphatic carbocycles. The summed E-state index contributed by atoms with van der Waals surface area (Å²) in [5, 5.41) is 9.58. The predicted molar refractivity (Wildman–Crippen MR) is 70.6 cm³/mol. The summed E-state index contributed by atoms with van der Waals surface area (Å²) >= 11 is 0. The van der Waals surface area contributed by atoms with Gasteiger partial charge in [0.15, 0.2) is 0 Å². The molecule has 17 heavy (non-hydrogen) atoms. The SMILES string of the molecule is CCC(CC)CC1(C#N)Cc2ccccc2C1. The summed E-state index contributed by atoms with van der Waals surface area (Å²) in [6.07, 6.45) is 5.35. The van der Waals surface area contributed by atoms with Crippen LogP contribution in [0.15, 0.2) is 24.3 Å². The molecule has 0 aliphatic heterocycles. The van der Waals surface area contributed by atoms with Crippen LogP contribution < -0.4 is 0 Å². The fourth-order valence-electron chi connectivity index (χ4n) is 3.09. The van der Waals surface area contributed by atoms with E-state index in [2.05, 4.69) is 44.2 Å². The number of hydrogen-bond donors (Lipinski definition) is 0. The largest absolute Gasteiger partial charge is 0.198 e. The molecule has 0 fully saturated rings. The molecule has 0 N–H and O–H groups in total. The second kappa shape index (κ2) is 4.92. The highest BCUT2D eigenvalue weighted by Gasteiger charge is 2.38. The molecule has 0 spiro atoms. The van der Waals surface area contributed by atoms with Crippen molar-refractivity contribution in [1.82, 2.24) is 0 Å². The Morgan fingerprint density at radius 1 is 1.18 bits per heavy atom. The first kappa shape index (κ1) is 12.2. The van der Waals surface area contributed by atoms with E-state index >= 15 is 0 Å². The summed E-state index contributed by atoms with van der Waals surface area (Å²) in [5.41, 5.74) is 2.65. The molecule has 0 saturated heterocycles. The van der Waals surface area contributed by atoms with Crippen LogP contribution in [0.25, 0.3) is 0 Å². The number of nitrogens with zero attached hydrogens (tertiary/aromatic N) is 1. The quantitative estimate of drug-likeness (QED) is 0.759. The second-order valence-electron chi connectivity index (χ2n) is 5.40. The van der Waals surface area contributed by atoms with Gasteiger partial charge in [-0.05, 0) is 36.3 Å². The topological polar surface area (TPSA) is 23.8 Å². The van der Waals surface area contributed by atoms with Gasteiger partial charge in [-0.3, -0.25) is 0 Å². The Balaban J connectivity index is 2.18. The van der Waals surface area contributed by atoms with Gasteiger partial charge < -0.3 is 0 Å². The molecular weight excluding hydrogens is 206 g/mol. The van der Waals surface area contributed by atoms with Gasteiger partial charge in [0.1, 0.15) is 0 Å². The highest BCUT2D eigenvalue weighted by atomic mass is 14.4. The molecule has 1 nitrogen and oxygen atoms in total. The first-order valence-corrected chi connectivity index (χ1v) is 6.71. The second-order valence-corrected chi connectivity index (χ2v) is 5.40. The Kier molecular flexibility index (Phi) is 3.52. The zero-order valence-corrected chi connectivity index (χ0v) is 10.9. The van der Waals surface area contributed by atoms with Crippen LogP contribution in [-0.2, 0) is 12.8 Å². The van der Waals surface area contributed by atoms with Crippen molar-refractivity contribution in [3.63, 3.8) is 0 Å². The first-order chi connectivity index (χ1) is 8.23.